The first kappa shape index (κ1) is 14.5. The highest BCUT2D eigenvalue weighted by Gasteiger charge is 2.17. The average molecular weight is 284 g/mol. The van der Waals surface area contributed by atoms with Crippen LogP contribution in [0, 0.1) is 6.92 Å². The van der Waals surface area contributed by atoms with Crippen molar-refractivity contribution in [2.75, 3.05) is 0 Å². The Labute approximate surface area is 121 Å². The van der Waals surface area contributed by atoms with Gasteiger partial charge < -0.3 is 4.43 Å². The van der Waals surface area contributed by atoms with Crippen LogP contribution < -0.4 is 4.43 Å². The molecule has 0 spiro atoms. The minimum Gasteiger partial charge on any atom is -0.543 e. The van der Waals surface area contributed by atoms with E-state index in [1.165, 1.54) is 5.56 Å². The molecule has 1 aromatic heterocycles. The van der Waals surface area contributed by atoms with Crippen LogP contribution in [0.4, 0.5) is 5.69 Å². The predicted octanol–water partition coefficient (Wildman–Crippen LogP) is 4.35. The quantitative estimate of drug-likeness (QED) is 0.618. The van der Waals surface area contributed by atoms with Gasteiger partial charge in [-0.1, -0.05) is 12.1 Å². The second kappa shape index (κ2) is 6.01. The third-order valence-corrected chi connectivity index (χ3v) is 3.39. The highest BCUT2D eigenvalue weighted by molar-refractivity contribution is 6.70. The second-order valence-corrected chi connectivity index (χ2v) is 10.1. The van der Waals surface area contributed by atoms with Crippen LogP contribution in [0.1, 0.15) is 11.3 Å². The van der Waals surface area contributed by atoms with Gasteiger partial charge in [-0.3, -0.25) is 9.98 Å². The number of benzene rings is 1. The average Bonchev–Trinajstić information content (AvgIpc) is 2.36. The molecule has 20 heavy (non-hydrogen) atoms. The molecule has 2 rings (SSSR count). The molecule has 1 aromatic carbocycles. The molecular formula is C16H20N2OSi. The molecule has 3 nitrogen and oxygen atoms in total. The molecule has 0 bridgehead atoms. The lowest BCUT2D eigenvalue weighted by Gasteiger charge is -2.20. The smallest absolute Gasteiger partial charge is 0.242 e. The normalized spacial score (nSPS) is 11.8. The number of nitrogens with zero attached hydrogens (tertiary/aromatic N) is 2. The van der Waals surface area contributed by atoms with E-state index in [1.807, 2.05) is 43.3 Å². The van der Waals surface area contributed by atoms with Gasteiger partial charge in [-0.05, 0) is 56.4 Å². The Balaban J connectivity index is 2.25. The largest absolute Gasteiger partial charge is 0.543 e. The third kappa shape index (κ3) is 4.31. The number of pyridine rings is 1. The van der Waals surface area contributed by atoms with E-state index in [0.29, 0.717) is 0 Å². The highest BCUT2D eigenvalue weighted by Crippen LogP contribution is 2.29. The summed E-state index contributed by atoms with van der Waals surface area (Å²) in [5.74, 6) is 0.843. The SMILES string of the molecule is Cc1ccnc(C=Nc2ccccc2O[Si](C)(C)C)c1. The number of aliphatic imine (C=N–C) groups is 1. The van der Waals surface area contributed by atoms with Gasteiger partial charge in [0.05, 0.1) is 11.9 Å². The Bertz CT molecular complexity index is 618. The molecule has 0 saturated carbocycles. The van der Waals surface area contributed by atoms with Crippen LogP contribution in [-0.2, 0) is 0 Å². The minimum absolute atomic E-state index is 0.843. The number of hydrogen-bond donors (Lipinski definition) is 0. The van der Waals surface area contributed by atoms with Crippen molar-refractivity contribution in [2.45, 2.75) is 26.6 Å². The molecule has 0 unspecified atom stereocenters. The molecule has 2 aromatic rings. The highest BCUT2D eigenvalue weighted by atomic mass is 28.4. The summed E-state index contributed by atoms with van der Waals surface area (Å²) >= 11 is 0. The standard InChI is InChI=1S/C16H20N2OSi/c1-13-9-10-17-14(11-13)12-18-15-7-5-6-8-16(15)19-20(2,3)4/h5-12H,1-4H3. The zero-order valence-electron chi connectivity index (χ0n) is 12.4. The Morgan fingerprint density at radius 1 is 1.15 bits per heavy atom. The van der Waals surface area contributed by atoms with Crippen molar-refractivity contribution >= 4 is 20.2 Å². The predicted molar refractivity (Wildman–Crippen MR) is 86.6 cm³/mol. The first-order valence-corrected chi connectivity index (χ1v) is 10.1. The summed E-state index contributed by atoms with van der Waals surface area (Å²) < 4.78 is 6.05. The molecule has 0 atom stereocenters. The van der Waals surface area contributed by atoms with E-state index in [9.17, 15) is 0 Å². The fourth-order valence-corrected chi connectivity index (χ4v) is 2.58. The summed E-state index contributed by atoms with van der Waals surface area (Å²) in [6.45, 7) is 8.53. The second-order valence-electron chi connectivity index (χ2n) is 5.70. The molecule has 0 saturated heterocycles. The minimum atomic E-state index is -1.64. The molecule has 0 aliphatic rings. The van der Waals surface area contributed by atoms with E-state index in [1.54, 1.807) is 12.4 Å². The molecular weight excluding hydrogens is 264 g/mol. The molecule has 0 aliphatic heterocycles. The van der Waals surface area contributed by atoms with Crippen molar-refractivity contribution in [3.05, 3.63) is 53.9 Å². The zero-order chi connectivity index (χ0) is 14.6. The van der Waals surface area contributed by atoms with Gasteiger partial charge in [0.1, 0.15) is 11.4 Å². The maximum Gasteiger partial charge on any atom is 0.242 e. The Morgan fingerprint density at radius 2 is 1.90 bits per heavy atom. The molecule has 0 aliphatic carbocycles. The van der Waals surface area contributed by atoms with E-state index >= 15 is 0 Å². The third-order valence-electron chi connectivity index (χ3n) is 2.55. The van der Waals surface area contributed by atoms with Crippen LogP contribution in [0.15, 0.2) is 47.6 Å². The van der Waals surface area contributed by atoms with Crippen molar-refractivity contribution in [2.24, 2.45) is 4.99 Å². The lowest BCUT2D eigenvalue weighted by molar-refractivity contribution is 0.559. The van der Waals surface area contributed by atoms with Crippen LogP contribution in [-0.4, -0.2) is 19.5 Å². The summed E-state index contributed by atoms with van der Waals surface area (Å²) in [5.41, 5.74) is 2.87. The number of hydrogen-bond acceptors (Lipinski definition) is 3. The Hall–Kier alpha value is -1.94. The maximum absolute atomic E-state index is 6.05. The van der Waals surface area contributed by atoms with Crippen molar-refractivity contribution in [3.63, 3.8) is 0 Å². The molecule has 0 radical (unpaired) electrons. The van der Waals surface area contributed by atoms with Crippen molar-refractivity contribution in [1.82, 2.24) is 4.98 Å². The van der Waals surface area contributed by atoms with Gasteiger partial charge in [0, 0.05) is 6.20 Å². The van der Waals surface area contributed by atoms with E-state index in [0.717, 1.165) is 17.1 Å². The topological polar surface area (TPSA) is 34.5 Å². The zero-order valence-corrected chi connectivity index (χ0v) is 13.4. The van der Waals surface area contributed by atoms with Gasteiger partial charge in [-0.15, -0.1) is 0 Å². The van der Waals surface area contributed by atoms with Gasteiger partial charge >= 0.3 is 0 Å². The molecule has 1 heterocycles. The lowest BCUT2D eigenvalue weighted by Crippen LogP contribution is -2.29. The fraction of sp³-hybridized carbons (Fsp3) is 0.250. The van der Waals surface area contributed by atoms with Crippen LogP contribution >= 0.6 is 0 Å². The summed E-state index contributed by atoms with van der Waals surface area (Å²) in [4.78, 5) is 8.79. The van der Waals surface area contributed by atoms with Crippen LogP contribution in [0.2, 0.25) is 19.6 Å². The van der Waals surface area contributed by atoms with Gasteiger partial charge in [0.2, 0.25) is 8.32 Å². The van der Waals surface area contributed by atoms with Crippen LogP contribution in [0.25, 0.3) is 0 Å². The van der Waals surface area contributed by atoms with Crippen molar-refractivity contribution < 1.29 is 4.43 Å². The number of aromatic nitrogens is 1. The fourth-order valence-electron chi connectivity index (χ4n) is 1.75. The molecule has 0 amide bonds. The lowest BCUT2D eigenvalue weighted by atomic mass is 10.2. The van der Waals surface area contributed by atoms with E-state index in [-0.39, 0.29) is 0 Å². The van der Waals surface area contributed by atoms with Crippen molar-refractivity contribution in [3.8, 4) is 5.75 Å². The monoisotopic (exact) mass is 284 g/mol. The van der Waals surface area contributed by atoms with Gasteiger partial charge in [-0.2, -0.15) is 0 Å². The molecule has 104 valence electrons. The Kier molecular flexibility index (Phi) is 4.34. The van der Waals surface area contributed by atoms with Crippen LogP contribution in [0.3, 0.4) is 0 Å². The van der Waals surface area contributed by atoms with Crippen molar-refractivity contribution in [1.29, 1.82) is 0 Å². The summed E-state index contributed by atoms with van der Waals surface area (Å²) in [6.07, 6.45) is 3.57. The molecule has 4 heteroatoms. The number of rotatable bonds is 4. The van der Waals surface area contributed by atoms with Gasteiger partial charge in [-0.25, -0.2) is 0 Å². The van der Waals surface area contributed by atoms with E-state index in [2.05, 4.69) is 29.6 Å². The summed E-state index contributed by atoms with van der Waals surface area (Å²) in [7, 11) is -1.64. The van der Waals surface area contributed by atoms with Crippen LogP contribution in [0.5, 0.6) is 5.75 Å². The first-order chi connectivity index (χ1) is 9.44. The summed E-state index contributed by atoms with van der Waals surface area (Å²) in [6, 6.07) is 11.8. The molecule has 0 fully saturated rings. The van der Waals surface area contributed by atoms with E-state index < -0.39 is 8.32 Å². The number of para-hydroxylation sites is 2. The maximum atomic E-state index is 6.05. The molecule has 0 N–H and O–H groups in total. The first-order valence-electron chi connectivity index (χ1n) is 6.69. The summed E-state index contributed by atoms with van der Waals surface area (Å²) in [5, 5.41) is 0. The van der Waals surface area contributed by atoms with E-state index in [4.69, 9.17) is 4.43 Å². The van der Waals surface area contributed by atoms with Gasteiger partial charge in [0.25, 0.3) is 0 Å². The Morgan fingerprint density at radius 3 is 2.60 bits per heavy atom. The number of aryl methyl sites for hydroxylation is 1. The van der Waals surface area contributed by atoms with Gasteiger partial charge in [0.15, 0.2) is 0 Å².